The first-order valence-corrected chi connectivity index (χ1v) is 7.82. The number of rotatable bonds is 8. The van der Waals surface area contributed by atoms with Crippen molar-refractivity contribution in [1.29, 1.82) is 0 Å². The predicted molar refractivity (Wildman–Crippen MR) is 85.9 cm³/mol. The van der Waals surface area contributed by atoms with Crippen molar-refractivity contribution in [3.63, 3.8) is 0 Å². The molecule has 0 radical (unpaired) electrons. The highest BCUT2D eigenvalue weighted by molar-refractivity contribution is 14.1. The van der Waals surface area contributed by atoms with Crippen LogP contribution in [-0.2, 0) is 6.42 Å². The van der Waals surface area contributed by atoms with Crippen LogP contribution in [0, 0.1) is 0 Å². The molecule has 1 aromatic carbocycles. The molecule has 0 saturated heterocycles. The Morgan fingerprint density at radius 1 is 1.11 bits per heavy atom. The van der Waals surface area contributed by atoms with Crippen molar-refractivity contribution in [2.75, 3.05) is 6.67 Å². The second-order valence-corrected chi connectivity index (χ2v) is 5.89. The molecule has 0 nitrogen and oxygen atoms in total. The van der Waals surface area contributed by atoms with Crippen molar-refractivity contribution >= 4 is 22.6 Å². The van der Waals surface area contributed by atoms with E-state index in [0.717, 1.165) is 29.3 Å². The Hall–Kier alpha value is -0.380. The Balaban J connectivity index is 2.43. The highest BCUT2D eigenvalue weighted by Crippen LogP contribution is 2.24. The van der Waals surface area contributed by atoms with E-state index >= 15 is 0 Å². The molecule has 0 aliphatic carbocycles. The largest absolute Gasteiger partial charge is 0.245 e. The zero-order valence-electron chi connectivity index (χ0n) is 11.1. The SMILES string of the molecule is CCCC/C(CCCc1ccccc1)=C(/I)CF. The first kappa shape index (κ1) is 15.7. The Labute approximate surface area is 124 Å². The first-order valence-electron chi connectivity index (χ1n) is 6.74. The Bertz CT molecular complexity index is 357. The highest BCUT2D eigenvalue weighted by Gasteiger charge is 2.04. The van der Waals surface area contributed by atoms with Gasteiger partial charge in [-0.1, -0.05) is 49.2 Å². The van der Waals surface area contributed by atoms with E-state index in [1.165, 1.54) is 24.0 Å². The van der Waals surface area contributed by atoms with Crippen LogP contribution < -0.4 is 0 Å². The number of hydrogen-bond acceptors (Lipinski definition) is 0. The normalized spacial score (nSPS) is 12.4. The summed E-state index contributed by atoms with van der Waals surface area (Å²) < 4.78 is 13.7. The molecular weight excluding hydrogens is 338 g/mol. The molecule has 1 rings (SSSR count). The fraction of sp³-hybridized carbons (Fsp3) is 0.500. The zero-order chi connectivity index (χ0) is 13.2. The van der Waals surface area contributed by atoms with E-state index in [-0.39, 0.29) is 6.67 Å². The van der Waals surface area contributed by atoms with Gasteiger partial charge >= 0.3 is 0 Å². The molecular formula is C16H22FI. The molecule has 0 N–H and O–H groups in total. The van der Waals surface area contributed by atoms with Crippen molar-refractivity contribution in [3.8, 4) is 0 Å². The van der Waals surface area contributed by atoms with Crippen molar-refractivity contribution in [2.45, 2.75) is 45.4 Å². The van der Waals surface area contributed by atoms with Gasteiger partial charge in [0.2, 0.25) is 0 Å². The lowest BCUT2D eigenvalue weighted by atomic mass is 10.00. The van der Waals surface area contributed by atoms with Crippen LogP contribution in [0.5, 0.6) is 0 Å². The summed E-state index contributed by atoms with van der Waals surface area (Å²) >= 11 is 2.17. The molecule has 0 fully saturated rings. The van der Waals surface area contributed by atoms with E-state index in [1.54, 1.807) is 0 Å². The molecule has 0 heterocycles. The second kappa shape index (κ2) is 9.54. The van der Waals surface area contributed by atoms with Crippen molar-refractivity contribution in [2.24, 2.45) is 0 Å². The van der Waals surface area contributed by atoms with Crippen LogP contribution in [0.25, 0.3) is 0 Å². The molecule has 0 unspecified atom stereocenters. The maximum absolute atomic E-state index is 12.7. The van der Waals surface area contributed by atoms with Crippen LogP contribution in [0.2, 0.25) is 0 Å². The number of unbranched alkanes of at least 4 members (excludes halogenated alkanes) is 1. The fourth-order valence-corrected chi connectivity index (χ4v) is 2.57. The summed E-state index contributed by atoms with van der Waals surface area (Å²) in [4.78, 5) is 0. The minimum atomic E-state index is -0.301. The number of allylic oxidation sites excluding steroid dienone is 2. The van der Waals surface area contributed by atoms with Gasteiger partial charge in [0.05, 0.1) is 0 Å². The average Bonchev–Trinajstić information content (AvgIpc) is 2.43. The van der Waals surface area contributed by atoms with Gasteiger partial charge in [0.15, 0.2) is 0 Å². The molecule has 0 saturated carbocycles. The van der Waals surface area contributed by atoms with Crippen LogP contribution in [-0.4, -0.2) is 6.67 Å². The fourth-order valence-electron chi connectivity index (χ4n) is 2.03. The topological polar surface area (TPSA) is 0 Å². The molecule has 0 aliphatic rings. The lowest BCUT2D eigenvalue weighted by molar-refractivity contribution is 0.552. The third kappa shape index (κ3) is 5.98. The van der Waals surface area contributed by atoms with Gasteiger partial charge in [-0.3, -0.25) is 0 Å². The lowest BCUT2D eigenvalue weighted by Crippen LogP contribution is -1.93. The van der Waals surface area contributed by atoms with Crippen LogP contribution in [0.4, 0.5) is 4.39 Å². The first-order chi connectivity index (χ1) is 8.77. The number of halogens is 2. The minimum absolute atomic E-state index is 0.301. The summed E-state index contributed by atoms with van der Waals surface area (Å²) in [5.41, 5.74) is 2.71. The van der Waals surface area contributed by atoms with E-state index in [2.05, 4.69) is 53.8 Å². The Morgan fingerprint density at radius 2 is 1.78 bits per heavy atom. The molecule has 1 aromatic rings. The standard InChI is InChI=1S/C16H22FI/c1-2-3-11-15(16(18)13-17)12-7-10-14-8-5-4-6-9-14/h4-6,8-9H,2-3,7,10-13H2,1H3/b16-15-. The zero-order valence-corrected chi connectivity index (χ0v) is 13.2. The van der Waals surface area contributed by atoms with Gasteiger partial charge < -0.3 is 0 Å². The smallest absolute Gasteiger partial charge is 0.120 e. The van der Waals surface area contributed by atoms with Crippen LogP contribution in [0.1, 0.15) is 44.6 Å². The summed E-state index contributed by atoms with van der Waals surface area (Å²) in [7, 11) is 0. The van der Waals surface area contributed by atoms with Gasteiger partial charge in [-0.25, -0.2) is 4.39 Å². The molecule has 0 atom stereocenters. The van der Waals surface area contributed by atoms with E-state index in [4.69, 9.17) is 0 Å². The molecule has 0 aromatic heterocycles. The molecule has 0 aliphatic heterocycles. The third-order valence-electron chi connectivity index (χ3n) is 3.12. The molecule has 0 amide bonds. The minimum Gasteiger partial charge on any atom is -0.245 e. The summed E-state index contributed by atoms with van der Waals surface area (Å²) in [6.45, 7) is 1.88. The van der Waals surface area contributed by atoms with E-state index < -0.39 is 0 Å². The van der Waals surface area contributed by atoms with Crippen molar-refractivity contribution < 1.29 is 4.39 Å². The van der Waals surface area contributed by atoms with E-state index in [9.17, 15) is 4.39 Å². The van der Waals surface area contributed by atoms with Gasteiger partial charge in [0.25, 0.3) is 0 Å². The second-order valence-electron chi connectivity index (χ2n) is 4.58. The number of hydrogen-bond donors (Lipinski definition) is 0. The van der Waals surface area contributed by atoms with Gasteiger partial charge in [-0.2, -0.15) is 0 Å². The highest BCUT2D eigenvalue weighted by atomic mass is 127. The third-order valence-corrected chi connectivity index (χ3v) is 4.17. The van der Waals surface area contributed by atoms with Crippen LogP contribution >= 0.6 is 22.6 Å². The van der Waals surface area contributed by atoms with Crippen molar-refractivity contribution in [3.05, 3.63) is 45.0 Å². The van der Waals surface area contributed by atoms with Gasteiger partial charge in [0.1, 0.15) is 6.67 Å². The summed E-state index contributed by atoms with van der Waals surface area (Å²) in [6.07, 6.45) is 6.67. The Morgan fingerprint density at radius 3 is 2.39 bits per heavy atom. The van der Waals surface area contributed by atoms with Crippen molar-refractivity contribution in [1.82, 2.24) is 0 Å². The Kier molecular flexibility index (Phi) is 8.31. The van der Waals surface area contributed by atoms with E-state index in [1.807, 2.05) is 6.07 Å². The van der Waals surface area contributed by atoms with Crippen LogP contribution in [0.15, 0.2) is 39.5 Å². The summed E-state index contributed by atoms with van der Waals surface area (Å²) in [6, 6.07) is 10.5. The van der Waals surface area contributed by atoms with Gasteiger partial charge in [-0.05, 0) is 60.3 Å². The maximum Gasteiger partial charge on any atom is 0.120 e. The number of alkyl halides is 1. The quantitative estimate of drug-likeness (QED) is 0.510. The summed E-state index contributed by atoms with van der Waals surface area (Å²) in [5.74, 6) is 0. The molecule has 2 heteroatoms. The van der Waals surface area contributed by atoms with E-state index in [0.29, 0.717) is 0 Å². The van der Waals surface area contributed by atoms with Gasteiger partial charge in [0, 0.05) is 3.58 Å². The lowest BCUT2D eigenvalue weighted by Gasteiger charge is -2.09. The average molecular weight is 360 g/mol. The summed E-state index contributed by atoms with van der Waals surface area (Å²) in [5, 5.41) is 0. The monoisotopic (exact) mass is 360 g/mol. The maximum atomic E-state index is 12.7. The number of benzene rings is 1. The van der Waals surface area contributed by atoms with Crippen LogP contribution in [0.3, 0.4) is 0 Å². The predicted octanol–water partition coefficient (Wildman–Crippen LogP) is 5.86. The van der Waals surface area contributed by atoms with Gasteiger partial charge in [-0.15, -0.1) is 0 Å². The molecule has 100 valence electrons. The molecule has 18 heavy (non-hydrogen) atoms. The number of aryl methyl sites for hydroxylation is 1. The molecule has 0 spiro atoms. The molecule has 0 bridgehead atoms.